The molecule has 1 aliphatic heterocycles. The van der Waals surface area contributed by atoms with Gasteiger partial charge in [-0.1, -0.05) is 12.1 Å². The van der Waals surface area contributed by atoms with E-state index in [1.54, 1.807) is 23.6 Å². The molecule has 0 spiro atoms. The highest BCUT2D eigenvalue weighted by Gasteiger charge is 2.22. The minimum Gasteiger partial charge on any atom is -0.306 e. The molecule has 1 N–H and O–H groups in total. The van der Waals surface area contributed by atoms with E-state index in [4.69, 9.17) is 0 Å². The number of aromatic amines is 1. The van der Waals surface area contributed by atoms with Gasteiger partial charge in [0.2, 0.25) is 0 Å². The molecule has 0 unspecified atom stereocenters. The van der Waals surface area contributed by atoms with Gasteiger partial charge in [0.1, 0.15) is 11.6 Å². The van der Waals surface area contributed by atoms with Crippen molar-refractivity contribution in [3.05, 3.63) is 92.9 Å². The summed E-state index contributed by atoms with van der Waals surface area (Å²) < 4.78 is 27.1. The number of aromatic nitrogens is 3. The molecule has 5 nitrogen and oxygen atoms in total. The molecule has 31 heavy (non-hydrogen) atoms. The van der Waals surface area contributed by atoms with E-state index in [2.05, 4.69) is 19.9 Å². The first-order valence-corrected chi connectivity index (χ1v) is 10.7. The Balaban J connectivity index is 1.32. The van der Waals surface area contributed by atoms with Crippen molar-refractivity contribution < 1.29 is 8.78 Å². The molecule has 0 saturated carbocycles. The summed E-state index contributed by atoms with van der Waals surface area (Å²) in [4.78, 5) is 27.7. The maximum atomic E-state index is 14.0. The zero-order chi connectivity index (χ0) is 21.4. The van der Waals surface area contributed by atoms with Gasteiger partial charge in [-0.2, -0.15) is 0 Å². The Morgan fingerprint density at radius 2 is 2.06 bits per heavy atom. The largest absolute Gasteiger partial charge is 0.306 e. The summed E-state index contributed by atoms with van der Waals surface area (Å²) >= 11 is 1.55. The Morgan fingerprint density at radius 1 is 1.16 bits per heavy atom. The van der Waals surface area contributed by atoms with Gasteiger partial charge in [-0.25, -0.2) is 13.8 Å². The molecular formula is C23H18F2N4OS. The van der Waals surface area contributed by atoms with Crippen LogP contribution in [0.25, 0.3) is 22.0 Å². The van der Waals surface area contributed by atoms with Gasteiger partial charge in [0.15, 0.2) is 5.82 Å². The number of rotatable bonds is 4. The molecule has 4 aromatic rings. The molecule has 3 aromatic heterocycles. The van der Waals surface area contributed by atoms with Crippen LogP contribution in [0.3, 0.4) is 0 Å². The van der Waals surface area contributed by atoms with Crippen LogP contribution in [0.4, 0.5) is 8.78 Å². The van der Waals surface area contributed by atoms with E-state index in [0.717, 1.165) is 28.7 Å². The van der Waals surface area contributed by atoms with Crippen LogP contribution in [-0.4, -0.2) is 26.4 Å². The van der Waals surface area contributed by atoms with Crippen molar-refractivity contribution in [2.45, 2.75) is 19.5 Å². The zero-order valence-electron chi connectivity index (χ0n) is 16.4. The molecule has 0 radical (unpaired) electrons. The summed E-state index contributed by atoms with van der Waals surface area (Å²) in [6, 6.07) is 10.9. The van der Waals surface area contributed by atoms with Crippen molar-refractivity contribution in [1.82, 2.24) is 19.9 Å². The number of hydrogen-bond donors (Lipinski definition) is 1. The highest BCUT2D eigenvalue weighted by Crippen LogP contribution is 2.24. The Bertz CT molecular complexity index is 1290. The maximum absolute atomic E-state index is 14.0. The summed E-state index contributed by atoms with van der Waals surface area (Å²) in [7, 11) is 0. The standard InChI is InChI=1S/C23H18F2N4OS/c24-15-4-5-16(18(25)10-15)19-6-3-14(11-26-19)12-29-8-7-20-17(13-29)23(30)28-22(27-20)21-2-1-9-31-21/h1-6,9-11H,7-8,12-13H2,(H,27,28,30). The predicted molar refractivity (Wildman–Crippen MR) is 116 cm³/mol. The Kier molecular flexibility index (Phi) is 5.17. The molecule has 0 aliphatic carbocycles. The molecule has 8 heteroatoms. The van der Waals surface area contributed by atoms with E-state index < -0.39 is 11.6 Å². The zero-order valence-corrected chi connectivity index (χ0v) is 17.3. The first-order chi connectivity index (χ1) is 15.1. The lowest BCUT2D eigenvalue weighted by Gasteiger charge is -2.27. The molecule has 0 atom stereocenters. The summed E-state index contributed by atoms with van der Waals surface area (Å²) in [5.41, 5.74) is 3.12. The average Bonchev–Trinajstić information content (AvgIpc) is 3.30. The van der Waals surface area contributed by atoms with Crippen LogP contribution >= 0.6 is 11.3 Å². The van der Waals surface area contributed by atoms with Crippen LogP contribution in [0.2, 0.25) is 0 Å². The third-order valence-electron chi connectivity index (χ3n) is 5.34. The van der Waals surface area contributed by atoms with E-state index in [0.29, 0.717) is 36.6 Å². The van der Waals surface area contributed by atoms with Crippen LogP contribution in [0.15, 0.2) is 58.8 Å². The Labute approximate surface area is 181 Å². The normalized spacial score (nSPS) is 13.9. The molecule has 0 saturated heterocycles. The first kappa shape index (κ1) is 19.7. The van der Waals surface area contributed by atoms with Crippen LogP contribution in [0.1, 0.15) is 16.8 Å². The van der Waals surface area contributed by atoms with Crippen molar-refractivity contribution in [2.24, 2.45) is 0 Å². The number of nitrogens with one attached hydrogen (secondary N) is 1. The number of fused-ring (bicyclic) bond motifs is 1. The molecule has 0 fully saturated rings. The van der Waals surface area contributed by atoms with Crippen molar-refractivity contribution in [3.63, 3.8) is 0 Å². The van der Waals surface area contributed by atoms with Gasteiger partial charge in [0.05, 0.1) is 21.8 Å². The van der Waals surface area contributed by atoms with E-state index >= 15 is 0 Å². The third-order valence-corrected chi connectivity index (χ3v) is 6.22. The SMILES string of the molecule is O=c1[nH]c(-c2cccs2)nc2c1CN(Cc1ccc(-c3ccc(F)cc3F)nc1)CC2. The van der Waals surface area contributed by atoms with Crippen molar-refractivity contribution in [2.75, 3.05) is 6.54 Å². The molecule has 5 rings (SSSR count). The number of halogens is 2. The molecule has 1 aliphatic rings. The van der Waals surface area contributed by atoms with E-state index in [1.165, 1.54) is 12.1 Å². The van der Waals surface area contributed by atoms with Crippen molar-refractivity contribution >= 4 is 11.3 Å². The number of pyridine rings is 1. The maximum Gasteiger partial charge on any atom is 0.255 e. The number of thiophene rings is 1. The van der Waals surface area contributed by atoms with Crippen LogP contribution in [-0.2, 0) is 19.5 Å². The number of nitrogens with zero attached hydrogens (tertiary/aromatic N) is 3. The molecule has 156 valence electrons. The smallest absolute Gasteiger partial charge is 0.255 e. The topological polar surface area (TPSA) is 61.9 Å². The fraction of sp³-hybridized carbons (Fsp3) is 0.174. The number of benzene rings is 1. The highest BCUT2D eigenvalue weighted by molar-refractivity contribution is 7.13. The van der Waals surface area contributed by atoms with Crippen LogP contribution < -0.4 is 5.56 Å². The Morgan fingerprint density at radius 3 is 2.81 bits per heavy atom. The second kappa shape index (κ2) is 8.13. The van der Waals surface area contributed by atoms with Crippen molar-refractivity contribution in [1.29, 1.82) is 0 Å². The third kappa shape index (κ3) is 4.04. The summed E-state index contributed by atoms with van der Waals surface area (Å²) in [5.74, 6) is -0.628. The van der Waals surface area contributed by atoms with Crippen LogP contribution in [0.5, 0.6) is 0 Å². The van der Waals surface area contributed by atoms with Gasteiger partial charge in [0, 0.05) is 43.9 Å². The second-order valence-corrected chi connectivity index (χ2v) is 8.40. The summed E-state index contributed by atoms with van der Waals surface area (Å²) in [5, 5.41) is 1.96. The molecule has 4 heterocycles. The molecule has 0 bridgehead atoms. The number of H-pyrrole nitrogens is 1. The summed E-state index contributed by atoms with van der Waals surface area (Å²) in [6.07, 6.45) is 2.39. The van der Waals surface area contributed by atoms with Gasteiger partial charge in [-0.15, -0.1) is 11.3 Å². The Hall–Kier alpha value is -3.23. The molecule has 0 amide bonds. The minimum atomic E-state index is -0.637. The molecule has 1 aromatic carbocycles. The van der Waals surface area contributed by atoms with E-state index in [9.17, 15) is 13.6 Å². The quantitative estimate of drug-likeness (QED) is 0.515. The van der Waals surface area contributed by atoms with Gasteiger partial charge in [0.25, 0.3) is 5.56 Å². The monoisotopic (exact) mass is 436 g/mol. The lowest BCUT2D eigenvalue weighted by molar-refractivity contribution is 0.241. The fourth-order valence-electron chi connectivity index (χ4n) is 3.78. The highest BCUT2D eigenvalue weighted by atomic mass is 32.1. The van der Waals surface area contributed by atoms with Gasteiger partial charge < -0.3 is 4.98 Å². The fourth-order valence-corrected chi connectivity index (χ4v) is 4.45. The lowest BCUT2D eigenvalue weighted by atomic mass is 10.1. The minimum absolute atomic E-state index is 0.0987. The van der Waals surface area contributed by atoms with E-state index in [1.807, 2.05) is 23.6 Å². The van der Waals surface area contributed by atoms with Gasteiger partial charge in [-0.05, 0) is 35.2 Å². The lowest BCUT2D eigenvalue weighted by Crippen LogP contribution is -2.35. The van der Waals surface area contributed by atoms with Gasteiger partial charge >= 0.3 is 0 Å². The first-order valence-electron chi connectivity index (χ1n) is 9.85. The second-order valence-electron chi connectivity index (χ2n) is 7.45. The summed E-state index contributed by atoms with van der Waals surface area (Å²) in [6.45, 7) is 1.91. The van der Waals surface area contributed by atoms with E-state index in [-0.39, 0.29) is 11.1 Å². The van der Waals surface area contributed by atoms with Gasteiger partial charge in [-0.3, -0.25) is 14.7 Å². The molecular weight excluding hydrogens is 418 g/mol. The van der Waals surface area contributed by atoms with Crippen molar-refractivity contribution in [3.8, 4) is 22.0 Å². The predicted octanol–water partition coefficient (Wildman–Crippen LogP) is 4.40. The number of hydrogen-bond acceptors (Lipinski definition) is 5. The average molecular weight is 436 g/mol. The van der Waals surface area contributed by atoms with Crippen LogP contribution in [0, 0.1) is 11.6 Å².